The molecule has 0 fully saturated rings. The summed E-state index contributed by atoms with van der Waals surface area (Å²) in [6.07, 6.45) is 0.954. The zero-order chi connectivity index (χ0) is 19.1. The lowest BCUT2D eigenvalue weighted by Crippen LogP contribution is -2.33. The highest BCUT2D eigenvalue weighted by Gasteiger charge is 2.25. The van der Waals surface area contributed by atoms with E-state index in [4.69, 9.17) is 4.74 Å². The summed E-state index contributed by atoms with van der Waals surface area (Å²) >= 11 is 0. The molecule has 0 saturated heterocycles. The average molecular weight is 366 g/mol. The number of carbonyl (C=O) groups excluding carboxylic acids is 1. The standard InChI is InChI=1S/C22H23FN2O2/c1-12-8-13(2)22-18(9-12)20(6-7-27-22)25-21(26)11-16-14(3)24-19-5-4-15(23)10-17(16)19/h4-5,8-10,20,24H,6-7,11H2,1-3H3,(H,25,26). The molecule has 140 valence electrons. The highest BCUT2D eigenvalue weighted by Crippen LogP contribution is 2.36. The Morgan fingerprint density at radius 1 is 1.26 bits per heavy atom. The summed E-state index contributed by atoms with van der Waals surface area (Å²) in [6, 6.07) is 8.72. The van der Waals surface area contributed by atoms with Crippen molar-refractivity contribution in [3.63, 3.8) is 0 Å². The second kappa shape index (κ2) is 6.72. The van der Waals surface area contributed by atoms with E-state index in [0.29, 0.717) is 6.61 Å². The van der Waals surface area contributed by atoms with Crippen molar-refractivity contribution < 1.29 is 13.9 Å². The number of rotatable bonds is 3. The number of aromatic nitrogens is 1. The molecule has 1 unspecified atom stereocenters. The molecule has 4 rings (SSSR count). The summed E-state index contributed by atoms with van der Waals surface area (Å²) in [7, 11) is 0. The number of hydrogen-bond acceptors (Lipinski definition) is 2. The average Bonchev–Trinajstić information content (AvgIpc) is 2.91. The Balaban J connectivity index is 1.58. The fourth-order valence-electron chi connectivity index (χ4n) is 4.02. The maximum Gasteiger partial charge on any atom is 0.224 e. The van der Waals surface area contributed by atoms with Gasteiger partial charge in [-0.25, -0.2) is 4.39 Å². The van der Waals surface area contributed by atoms with Crippen LogP contribution in [0.25, 0.3) is 10.9 Å². The number of ether oxygens (including phenoxy) is 1. The van der Waals surface area contributed by atoms with E-state index in [2.05, 4.69) is 22.4 Å². The van der Waals surface area contributed by atoms with Gasteiger partial charge in [0.05, 0.1) is 19.1 Å². The van der Waals surface area contributed by atoms with Crippen LogP contribution in [-0.4, -0.2) is 17.5 Å². The molecule has 1 atom stereocenters. The third kappa shape index (κ3) is 3.29. The van der Waals surface area contributed by atoms with Crippen LogP contribution in [0.1, 0.15) is 40.4 Å². The normalized spacial score (nSPS) is 16.1. The van der Waals surface area contributed by atoms with Crippen LogP contribution in [0.3, 0.4) is 0 Å². The lowest BCUT2D eigenvalue weighted by atomic mass is 9.95. The van der Waals surface area contributed by atoms with E-state index in [-0.39, 0.29) is 24.2 Å². The Kier molecular flexibility index (Phi) is 4.38. The summed E-state index contributed by atoms with van der Waals surface area (Å²) in [5.74, 6) is 0.509. The van der Waals surface area contributed by atoms with E-state index in [9.17, 15) is 9.18 Å². The summed E-state index contributed by atoms with van der Waals surface area (Å²) in [4.78, 5) is 16.0. The topological polar surface area (TPSA) is 54.1 Å². The first-order valence-electron chi connectivity index (χ1n) is 9.22. The minimum absolute atomic E-state index is 0.0675. The Labute approximate surface area is 157 Å². The highest BCUT2D eigenvalue weighted by atomic mass is 19.1. The maximum atomic E-state index is 13.6. The van der Waals surface area contributed by atoms with E-state index in [1.807, 2.05) is 20.8 Å². The van der Waals surface area contributed by atoms with Crippen LogP contribution in [0.4, 0.5) is 4.39 Å². The van der Waals surface area contributed by atoms with E-state index >= 15 is 0 Å². The van der Waals surface area contributed by atoms with Crippen molar-refractivity contribution in [3.05, 3.63) is 64.1 Å². The molecule has 1 amide bonds. The first-order chi connectivity index (χ1) is 12.9. The number of fused-ring (bicyclic) bond motifs is 2. The van der Waals surface area contributed by atoms with Gasteiger partial charge >= 0.3 is 0 Å². The number of nitrogens with one attached hydrogen (secondary N) is 2. The van der Waals surface area contributed by atoms with Gasteiger partial charge in [-0.2, -0.15) is 0 Å². The lowest BCUT2D eigenvalue weighted by Gasteiger charge is -2.28. The van der Waals surface area contributed by atoms with Crippen LogP contribution in [0.5, 0.6) is 5.75 Å². The van der Waals surface area contributed by atoms with Crippen molar-refractivity contribution in [2.24, 2.45) is 0 Å². The Morgan fingerprint density at radius 3 is 2.89 bits per heavy atom. The van der Waals surface area contributed by atoms with Crippen molar-refractivity contribution in [1.82, 2.24) is 10.3 Å². The smallest absolute Gasteiger partial charge is 0.224 e. The molecule has 2 aromatic carbocycles. The zero-order valence-electron chi connectivity index (χ0n) is 15.8. The molecule has 4 nitrogen and oxygen atoms in total. The van der Waals surface area contributed by atoms with Gasteiger partial charge in [0.2, 0.25) is 5.91 Å². The highest BCUT2D eigenvalue weighted by molar-refractivity contribution is 5.90. The fourth-order valence-corrected chi connectivity index (χ4v) is 4.02. The van der Waals surface area contributed by atoms with E-state index < -0.39 is 0 Å². The van der Waals surface area contributed by atoms with E-state index in [0.717, 1.165) is 51.0 Å². The minimum Gasteiger partial charge on any atom is -0.493 e. The minimum atomic E-state index is -0.299. The van der Waals surface area contributed by atoms with Gasteiger partial charge in [-0.15, -0.1) is 0 Å². The van der Waals surface area contributed by atoms with Crippen LogP contribution in [0, 0.1) is 26.6 Å². The van der Waals surface area contributed by atoms with Crippen molar-refractivity contribution in [1.29, 1.82) is 0 Å². The first kappa shape index (κ1) is 17.6. The summed E-state index contributed by atoms with van der Waals surface area (Å²) in [6.45, 7) is 6.57. The molecule has 0 saturated carbocycles. The molecule has 0 aliphatic carbocycles. The molecular weight excluding hydrogens is 343 g/mol. The number of carbonyl (C=O) groups is 1. The molecule has 2 N–H and O–H groups in total. The molecule has 27 heavy (non-hydrogen) atoms. The van der Waals surface area contributed by atoms with Gasteiger partial charge in [-0.3, -0.25) is 4.79 Å². The maximum absolute atomic E-state index is 13.6. The largest absolute Gasteiger partial charge is 0.493 e. The van der Waals surface area contributed by atoms with Gasteiger partial charge in [-0.1, -0.05) is 17.7 Å². The number of benzene rings is 2. The number of amides is 1. The van der Waals surface area contributed by atoms with Gasteiger partial charge in [0, 0.05) is 28.6 Å². The van der Waals surface area contributed by atoms with Crippen molar-refractivity contribution in [2.45, 2.75) is 39.7 Å². The number of hydrogen-bond donors (Lipinski definition) is 2. The summed E-state index contributed by atoms with van der Waals surface area (Å²) in [5.41, 5.74) is 5.86. The third-order valence-corrected chi connectivity index (χ3v) is 5.23. The lowest BCUT2D eigenvalue weighted by molar-refractivity contribution is -0.121. The number of H-pyrrole nitrogens is 1. The molecule has 0 spiro atoms. The Morgan fingerprint density at radius 2 is 2.07 bits per heavy atom. The van der Waals surface area contributed by atoms with Gasteiger partial charge in [-0.05, 0) is 50.1 Å². The van der Waals surface area contributed by atoms with Crippen LogP contribution in [0.2, 0.25) is 0 Å². The van der Waals surface area contributed by atoms with Gasteiger partial charge in [0.15, 0.2) is 0 Å². The number of halogens is 1. The first-order valence-corrected chi connectivity index (χ1v) is 9.22. The second-order valence-corrected chi connectivity index (χ2v) is 7.35. The second-order valence-electron chi connectivity index (χ2n) is 7.35. The summed E-state index contributed by atoms with van der Waals surface area (Å²) in [5, 5.41) is 3.91. The van der Waals surface area contributed by atoms with Crippen molar-refractivity contribution in [2.75, 3.05) is 6.61 Å². The van der Waals surface area contributed by atoms with Crippen LogP contribution < -0.4 is 10.1 Å². The van der Waals surface area contributed by atoms with Crippen molar-refractivity contribution in [3.8, 4) is 5.75 Å². The Bertz CT molecular complexity index is 1040. The molecule has 0 radical (unpaired) electrons. The van der Waals surface area contributed by atoms with E-state index in [1.54, 1.807) is 6.07 Å². The van der Waals surface area contributed by atoms with Gasteiger partial charge in [0.1, 0.15) is 11.6 Å². The monoisotopic (exact) mass is 366 g/mol. The number of aryl methyl sites for hydroxylation is 3. The Hall–Kier alpha value is -2.82. The molecule has 1 aromatic heterocycles. The van der Waals surface area contributed by atoms with Crippen LogP contribution >= 0.6 is 0 Å². The third-order valence-electron chi connectivity index (χ3n) is 5.23. The SMILES string of the molecule is Cc1cc(C)c2c(c1)C(NC(=O)Cc1c(C)[nH]c3ccc(F)cc13)CCO2. The molecular formula is C22H23FN2O2. The fraction of sp³-hybridized carbons (Fsp3) is 0.318. The van der Waals surface area contributed by atoms with E-state index in [1.165, 1.54) is 12.1 Å². The summed E-state index contributed by atoms with van der Waals surface area (Å²) < 4.78 is 19.5. The van der Waals surface area contributed by atoms with Crippen molar-refractivity contribution >= 4 is 16.8 Å². The van der Waals surface area contributed by atoms with Gasteiger partial charge in [0.25, 0.3) is 0 Å². The van der Waals surface area contributed by atoms with Gasteiger partial charge < -0.3 is 15.0 Å². The number of aromatic amines is 1. The zero-order valence-corrected chi connectivity index (χ0v) is 15.8. The molecule has 2 heterocycles. The van der Waals surface area contributed by atoms with Crippen LogP contribution in [-0.2, 0) is 11.2 Å². The predicted molar refractivity (Wildman–Crippen MR) is 104 cm³/mol. The molecule has 3 aromatic rings. The van der Waals surface area contributed by atoms with Crippen LogP contribution in [0.15, 0.2) is 30.3 Å². The molecule has 0 bridgehead atoms. The quantitative estimate of drug-likeness (QED) is 0.721. The molecule has 5 heteroatoms. The molecule has 1 aliphatic heterocycles. The predicted octanol–water partition coefficient (Wildman–Crippen LogP) is 4.41. The molecule has 1 aliphatic rings.